The van der Waals surface area contributed by atoms with Gasteiger partial charge in [0.2, 0.25) is 0 Å². The number of carbonyl (C=O) groups excluding carboxylic acids is 1. The topological polar surface area (TPSA) is 55.1 Å². The quantitative estimate of drug-likeness (QED) is 0.840. The third-order valence-corrected chi connectivity index (χ3v) is 5.14. The summed E-state index contributed by atoms with van der Waals surface area (Å²) in [6, 6.07) is 7.46. The van der Waals surface area contributed by atoms with Crippen LogP contribution in [-0.2, 0) is 0 Å². The monoisotopic (exact) mass is 308 g/mol. The Hall–Kier alpha value is -1.07. The lowest BCUT2D eigenvalue weighted by molar-refractivity contribution is 0.0929. The Morgan fingerprint density at radius 3 is 2.75 bits per heavy atom. The molecule has 0 bridgehead atoms. The van der Waals surface area contributed by atoms with Crippen molar-refractivity contribution >= 4 is 34.9 Å². The van der Waals surface area contributed by atoms with Crippen molar-refractivity contribution in [2.75, 3.05) is 6.26 Å². The largest absolute Gasteiger partial charge is 0.389 e. The molecule has 0 spiro atoms. The van der Waals surface area contributed by atoms with Crippen LogP contribution in [0.25, 0.3) is 0 Å². The van der Waals surface area contributed by atoms with E-state index in [0.29, 0.717) is 15.8 Å². The van der Waals surface area contributed by atoms with E-state index in [9.17, 15) is 4.79 Å². The van der Waals surface area contributed by atoms with E-state index in [0.717, 1.165) is 12.0 Å². The Labute approximate surface area is 129 Å². The standard InChI is InChI=1S/C15H20N2OS2/c1-20-13-8-3-2-7-12(13)17-15(18)11-6-4-5-10(9-11)14(16)19/h4-6,9,12-13H,2-3,7-8H2,1H3,(H2,16,19)(H,17,18). The summed E-state index contributed by atoms with van der Waals surface area (Å²) < 4.78 is 0. The number of thioether (sulfide) groups is 1. The van der Waals surface area contributed by atoms with Gasteiger partial charge in [-0.2, -0.15) is 11.8 Å². The Morgan fingerprint density at radius 2 is 2.05 bits per heavy atom. The average molecular weight is 308 g/mol. The van der Waals surface area contributed by atoms with Crippen molar-refractivity contribution in [1.82, 2.24) is 5.32 Å². The van der Waals surface area contributed by atoms with Crippen molar-refractivity contribution in [3.63, 3.8) is 0 Å². The molecule has 2 rings (SSSR count). The minimum atomic E-state index is -0.0333. The summed E-state index contributed by atoms with van der Waals surface area (Å²) in [5.41, 5.74) is 6.97. The highest BCUT2D eigenvalue weighted by Gasteiger charge is 2.26. The number of carbonyl (C=O) groups is 1. The van der Waals surface area contributed by atoms with E-state index >= 15 is 0 Å². The molecule has 20 heavy (non-hydrogen) atoms. The van der Waals surface area contributed by atoms with E-state index in [4.69, 9.17) is 18.0 Å². The number of rotatable bonds is 4. The molecule has 5 heteroatoms. The summed E-state index contributed by atoms with van der Waals surface area (Å²) >= 11 is 6.79. The lowest BCUT2D eigenvalue weighted by Crippen LogP contribution is -2.43. The van der Waals surface area contributed by atoms with Gasteiger partial charge in [-0.05, 0) is 31.2 Å². The molecule has 0 aliphatic heterocycles. The van der Waals surface area contributed by atoms with Gasteiger partial charge < -0.3 is 11.1 Å². The lowest BCUT2D eigenvalue weighted by atomic mass is 9.94. The summed E-state index contributed by atoms with van der Waals surface area (Å²) in [5, 5.41) is 3.68. The maximum absolute atomic E-state index is 12.3. The highest BCUT2D eigenvalue weighted by molar-refractivity contribution is 7.99. The summed E-state index contributed by atoms with van der Waals surface area (Å²) in [4.78, 5) is 12.7. The Morgan fingerprint density at radius 1 is 1.35 bits per heavy atom. The zero-order valence-corrected chi connectivity index (χ0v) is 13.2. The predicted octanol–water partition coefficient (Wildman–Crippen LogP) is 2.72. The minimum absolute atomic E-state index is 0.0333. The van der Waals surface area contributed by atoms with Crippen LogP contribution in [0.1, 0.15) is 41.6 Å². The summed E-state index contributed by atoms with van der Waals surface area (Å²) in [5.74, 6) is -0.0333. The second-order valence-corrected chi connectivity index (χ2v) is 6.60. The van der Waals surface area contributed by atoms with Crippen molar-refractivity contribution < 1.29 is 4.79 Å². The molecule has 1 saturated carbocycles. The molecule has 1 aromatic carbocycles. The van der Waals surface area contributed by atoms with Crippen LogP contribution in [0.2, 0.25) is 0 Å². The van der Waals surface area contributed by atoms with Gasteiger partial charge in [-0.1, -0.05) is 37.2 Å². The van der Waals surface area contributed by atoms with Crippen LogP contribution in [0.3, 0.4) is 0 Å². The fourth-order valence-corrected chi connectivity index (χ4v) is 3.67. The summed E-state index contributed by atoms with van der Waals surface area (Å²) in [6.45, 7) is 0. The van der Waals surface area contributed by atoms with Crippen molar-refractivity contribution in [1.29, 1.82) is 0 Å². The zero-order chi connectivity index (χ0) is 14.5. The van der Waals surface area contributed by atoms with Crippen LogP contribution in [0.5, 0.6) is 0 Å². The molecule has 1 aliphatic rings. The Kier molecular flexibility index (Phi) is 5.43. The van der Waals surface area contributed by atoms with E-state index in [1.165, 1.54) is 19.3 Å². The Balaban J connectivity index is 2.07. The van der Waals surface area contributed by atoms with Crippen molar-refractivity contribution in [3.8, 4) is 0 Å². The zero-order valence-electron chi connectivity index (χ0n) is 11.6. The molecule has 0 heterocycles. The molecule has 0 radical (unpaired) electrons. The number of amides is 1. The van der Waals surface area contributed by atoms with Crippen LogP contribution in [-0.4, -0.2) is 28.4 Å². The second kappa shape index (κ2) is 7.09. The van der Waals surface area contributed by atoms with Gasteiger partial charge in [-0.25, -0.2) is 0 Å². The van der Waals surface area contributed by atoms with Gasteiger partial charge in [0.25, 0.3) is 5.91 Å². The van der Waals surface area contributed by atoms with Gasteiger partial charge in [0.1, 0.15) is 4.99 Å². The van der Waals surface area contributed by atoms with Crippen LogP contribution in [0.15, 0.2) is 24.3 Å². The molecule has 0 aromatic heterocycles. The highest BCUT2D eigenvalue weighted by Crippen LogP contribution is 2.27. The van der Waals surface area contributed by atoms with Gasteiger partial charge in [0.15, 0.2) is 0 Å². The molecule has 3 nitrogen and oxygen atoms in total. The first-order valence-corrected chi connectivity index (χ1v) is 8.55. The predicted molar refractivity (Wildman–Crippen MR) is 89.4 cm³/mol. The molecule has 1 aliphatic carbocycles. The maximum atomic E-state index is 12.3. The fraction of sp³-hybridized carbons (Fsp3) is 0.467. The number of benzene rings is 1. The normalized spacial score (nSPS) is 22.2. The van der Waals surface area contributed by atoms with Gasteiger partial charge >= 0.3 is 0 Å². The van der Waals surface area contributed by atoms with E-state index in [1.54, 1.807) is 12.1 Å². The number of thiocarbonyl (C=S) groups is 1. The summed E-state index contributed by atoms with van der Waals surface area (Å²) in [6.07, 6.45) is 6.80. The third kappa shape index (κ3) is 3.73. The second-order valence-electron chi connectivity index (χ2n) is 5.08. The van der Waals surface area contributed by atoms with Crippen LogP contribution < -0.4 is 11.1 Å². The van der Waals surface area contributed by atoms with Gasteiger partial charge in [0, 0.05) is 22.4 Å². The number of hydrogen-bond donors (Lipinski definition) is 2. The lowest BCUT2D eigenvalue weighted by Gasteiger charge is -2.31. The van der Waals surface area contributed by atoms with Crippen molar-refractivity contribution in [2.45, 2.75) is 37.0 Å². The number of hydrogen-bond acceptors (Lipinski definition) is 3. The van der Waals surface area contributed by atoms with Gasteiger partial charge in [0.05, 0.1) is 0 Å². The maximum Gasteiger partial charge on any atom is 0.251 e. The van der Waals surface area contributed by atoms with Crippen LogP contribution in [0, 0.1) is 0 Å². The van der Waals surface area contributed by atoms with Gasteiger partial charge in [-0.15, -0.1) is 0 Å². The first kappa shape index (κ1) is 15.3. The highest BCUT2D eigenvalue weighted by atomic mass is 32.2. The first-order chi connectivity index (χ1) is 9.61. The number of nitrogens with one attached hydrogen (secondary N) is 1. The first-order valence-electron chi connectivity index (χ1n) is 6.85. The molecular weight excluding hydrogens is 288 g/mol. The molecule has 108 valence electrons. The van der Waals surface area contributed by atoms with E-state index in [-0.39, 0.29) is 11.9 Å². The smallest absolute Gasteiger partial charge is 0.251 e. The molecule has 2 unspecified atom stereocenters. The molecule has 1 amide bonds. The van der Waals surface area contributed by atoms with E-state index < -0.39 is 0 Å². The molecule has 3 N–H and O–H groups in total. The van der Waals surface area contributed by atoms with E-state index in [1.807, 2.05) is 23.9 Å². The minimum Gasteiger partial charge on any atom is -0.389 e. The van der Waals surface area contributed by atoms with Crippen LogP contribution in [0.4, 0.5) is 0 Å². The summed E-state index contributed by atoms with van der Waals surface area (Å²) in [7, 11) is 0. The molecule has 1 fully saturated rings. The molecular formula is C15H20N2OS2. The van der Waals surface area contributed by atoms with Crippen molar-refractivity contribution in [2.24, 2.45) is 5.73 Å². The third-order valence-electron chi connectivity index (χ3n) is 3.73. The molecule has 2 atom stereocenters. The van der Waals surface area contributed by atoms with Gasteiger partial charge in [-0.3, -0.25) is 4.79 Å². The molecule has 0 saturated heterocycles. The fourth-order valence-electron chi connectivity index (χ4n) is 2.61. The number of nitrogens with two attached hydrogens (primary N) is 1. The van der Waals surface area contributed by atoms with Crippen LogP contribution >= 0.6 is 24.0 Å². The molecule has 1 aromatic rings. The SMILES string of the molecule is CSC1CCCCC1NC(=O)c1cccc(C(N)=S)c1. The van der Waals surface area contributed by atoms with E-state index in [2.05, 4.69) is 11.6 Å². The van der Waals surface area contributed by atoms with Crippen molar-refractivity contribution in [3.05, 3.63) is 35.4 Å². The average Bonchev–Trinajstić information content (AvgIpc) is 2.48. The Bertz CT molecular complexity index is 504.